The molecule has 0 aliphatic carbocycles. The third-order valence-electron chi connectivity index (χ3n) is 1.70. The molecule has 0 bridgehead atoms. The zero-order chi connectivity index (χ0) is 11.5. The second-order valence-electron chi connectivity index (χ2n) is 2.99. The van der Waals surface area contributed by atoms with Gasteiger partial charge < -0.3 is 0 Å². The molecule has 1 rings (SSSR count). The Hall–Kier alpha value is -0.650. The van der Waals surface area contributed by atoms with E-state index < -0.39 is 15.9 Å². The van der Waals surface area contributed by atoms with E-state index in [9.17, 15) is 12.8 Å². The molecule has 0 aliphatic rings. The summed E-state index contributed by atoms with van der Waals surface area (Å²) in [5.74, 6) is -0.531. The van der Waals surface area contributed by atoms with Crippen LogP contribution in [-0.4, -0.2) is 21.3 Å². The first kappa shape index (κ1) is 12.4. The first-order valence-corrected chi connectivity index (χ1v) is 6.37. The van der Waals surface area contributed by atoms with Crippen LogP contribution in [0.5, 0.6) is 0 Å². The van der Waals surface area contributed by atoms with E-state index in [4.69, 9.17) is 11.6 Å². The van der Waals surface area contributed by atoms with E-state index in [1.165, 1.54) is 12.1 Å². The summed E-state index contributed by atoms with van der Waals surface area (Å²) in [5.41, 5.74) is 0.339. The standard InChI is InChI=1S/C9H10ClFO3S/c1-15(12,13)14-6-5-7-3-2-4-8(10)9(7)11/h2-4H,5-6H2,1H3. The van der Waals surface area contributed by atoms with Crippen LogP contribution in [0.3, 0.4) is 0 Å². The van der Waals surface area contributed by atoms with Gasteiger partial charge in [0, 0.05) is 6.42 Å². The van der Waals surface area contributed by atoms with Crippen molar-refractivity contribution in [1.29, 1.82) is 0 Å². The van der Waals surface area contributed by atoms with E-state index >= 15 is 0 Å². The highest BCUT2D eigenvalue weighted by Gasteiger charge is 2.07. The lowest BCUT2D eigenvalue weighted by Gasteiger charge is -2.04. The molecule has 0 fully saturated rings. The van der Waals surface area contributed by atoms with Crippen molar-refractivity contribution in [3.8, 4) is 0 Å². The zero-order valence-electron chi connectivity index (χ0n) is 8.04. The largest absolute Gasteiger partial charge is 0.270 e. The van der Waals surface area contributed by atoms with Crippen molar-refractivity contribution in [3.05, 3.63) is 34.6 Å². The van der Waals surface area contributed by atoms with Gasteiger partial charge in [0.15, 0.2) is 0 Å². The second kappa shape index (κ2) is 4.92. The van der Waals surface area contributed by atoms with Crippen LogP contribution < -0.4 is 0 Å². The fraction of sp³-hybridized carbons (Fsp3) is 0.333. The Morgan fingerprint density at radius 1 is 1.47 bits per heavy atom. The van der Waals surface area contributed by atoms with Crippen LogP contribution in [0.15, 0.2) is 18.2 Å². The topological polar surface area (TPSA) is 43.4 Å². The van der Waals surface area contributed by atoms with Crippen LogP contribution in [0, 0.1) is 5.82 Å². The minimum absolute atomic E-state index is 0.0202. The maximum Gasteiger partial charge on any atom is 0.264 e. The summed E-state index contributed by atoms with van der Waals surface area (Å²) >= 11 is 5.55. The fourth-order valence-electron chi connectivity index (χ4n) is 1.04. The van der Waals surface area contributed by atoms with Gasteiger partial charge in [-0.15, -0.1) is 0 Å². The average Bonchev–Trinajstić information content (AvgIpc) is 2.10. The SMILES string of the molecule is CS(=O)(=O)OCCc1cccc(Cl)c1F. The number of hydrogen-bond donors (Lipinski definition) is 0. The smallest absolute Gasteiger partial charge is 0.264 e. The first-order chi connectivity index (χ1) is 6.90. The van der Waals surface area contributed by atoms with Crippen molar-refractivity contribution >= 4 is 21.7 Å². The second-order valence-corrected chi connectivity index (χ2v) is 5.04. The van der Waals surface area contributed by atoms with Crippen LogP contribution in [0.25, 0.3) is 0 Å². The molecule has 0 amide bonds. The predicted octanol–water partition coefficient (Wildman–Crippen LogP) is 2.00. The summed E-state index contributed by atoms with van der Waals surface area (Å²) in [6, 6.07) is 4.56. The van der Waals surface area contributed by atoms with Crippen LogP contribution in [0.4, 0.5) is 4.39 Å². The van der Waals surface area contributed by atoms with Crippen molar-refractivity contribution in [2.75, 3.05) is 12.9 Å². The molecule has 0 aliphatic heterocycles. The number of hydrogen-bond acceptors (Lipinski definition) is 3. The Bertz CT molecular complexity index is 445. The van der Waals surface area contributed by atoms with Gasteiger partial charge in [0.05, 0.1) is 17.9 Å². The molecule has 0 radical (unpaired) electrons. The van der Waals surface area contributed by atoms with Gasteiger partial charge in [-0.2, -0.15) is 8.42 Å². The number of halogens is 2. The normalized spacial score (nSPS) is 11.7. The molecule has 0 aromatic heterocycles. The van der Waals surface area contributed by atoms with Crippen LogP contribution >= 0.6 is 11.6 Å². The quantitative estimate of drug-likeness (QED) is 0.770. The van der Waals surface area contributed by atoms with Crippen molar-refractivity contribution < 1.29 is 17.0 Å². The molecule has 1 aromatic rings. The lowest BCUT2D eigenvalue weighted by atomic mass is 10.1. The van der Waals surface area contributed by atoms with E-state index in [2.05, 4.69) is 4.18 Å². The van der Waals surface area contributed by atoms with E-state index in [1.54, 1.807) is 6.07 Å². The minimum atomic E-state index is -3.47. The van der Waals surface area contributed by atoms with E-state index in [-0.39, 0.29) is 18.1 Å². The summed E-state index contributed by atoms with van der Waals surface area (Å²) in [6.07, 6.45) is 1.11. The molecule has 15 heavy (non-hydrogen) atoms. The number of rotatable bonds is 4. The van der Waals surface area contributed by atoms with Gasteiger partial charge >= 0.3 is 0 Å². The Morgan fingerprint density at radius 2 is 2.13 bits per heavy atom. The third kappa shape index (κ3) is 4.15. The van der Waals surface area contributed by atoms with E-state index in [1.807, 2.05) is 0 Å². The van der Waals surface area contributed by atoms with Crippen molar-refractivity contribution in [2.45, 2.75) is 6.42 Å². The molecule has 0 saturated heterocycles. The lowest BCUT2D eigenvalue weighted by Crippen LogP contribution is -2.07. The van der Waals surface area contributed by atoms with E-state index in [0.717, 1.165) is 6.26 Å². The Morgan fingerprint density at radius 3 is 2.73 bits per heavy atom. The summed E-state index contributed by atoms with van der Waals surface area (Å²) in [5, 5.41) is 0.0202. The Balaban J connectivity index is 2.62. The van der Waals surface area contributed by atoms with Gasteiger partial charge in [-0.05, 0) is 11.6 Å². The molecule has 1 aromatic carbocycles. The molecular formula is C9H10ClFO3S. The summed E-state index contributed by atoms with van der Waals surface area (Å²) in [4.78, 5) is 0. The molecule has 84 valence electrons. The highest BCUT2D eigenvalue weighted by molar-refractivity contribution is 7.85. The van der Waals surface area contributed by atoms with Gasteiger partial charge in [0.25, 0.3) is 10.1 Å². The molecule has 0 atom stereocenters. The van der Waals surface area contributed by atoms with Gasteiger partial charge in [-0.25, -0.2) is 4.39 Å². The van der Waals surface area contributed by atoms with E-state index in [0.29, 0.717) is 5.56 Å². The Labute approximate surface area is 92.9 Å². The molecule has 6 heteroatoms. The highest BCUT2D eigenvalue weighted by atomic mass is 35.5. The highest BCUT2D eigenvalue weighted by Crippen LogP contribution is 2.18. The molecule has 0 unspecified atom stereocenters. The molecule has 0 N–H and O–H groups in total. The zero-order valence-corrected chi connectivity index (χ0v) is 9.61. The fourth-order valence-corrected chi connectivity index (χ4v) is 1.62. The number of benzene rings is 1. The third-order valence-corrected chi connectivity index (χ3v) is 2.59. The monoisotopic (exact) mass is 252 g/mol. The first-order valence-electron chi connectivity index (χ1n) is 4.17. The molecular weight excluding hydrogens is 243 g/mol. The van der Waals surface area contributed by atoms with Crippen LogP contribution in [0.2, 0.25) is 5.02 Å². The van der Waals surface area contributed by atoms with Crippen molar-refractivity contribution in [1.82, 2.24) is 0 Å². The van der Waals surface area contributed by atoms with Gasteiger partial charge in [-0.3, -0.25) is 4.18 Å². The predicted molar refractivity (Wildman–Crippen MR) is 55.9 cm³/mol. The molecule has 0 saturated carbocycles. The van der Waals surface area contributed by atoms with Crippen molar-refractivity contribution in [3.63, 3.8) is 0 Å². The van der Waals surface area contributed by atoms with Gasteiger partial charge in [-0.1, -0.05) is 23.7 Å². The van der Waals surface area contributed by atoms with Gasteiger partial charge in [0.2, 0.25) is 0 Å². The van der Waals surface area contributed by atoms with Crippen molar-refractivity contribution in [2.24, 2.45) is 0 Å². The Kier molecular flexibility index (Phi) is 4.07. The molecule has 3 nitrogen and oxygen atoms in total. The summed E-state index contributed by atoms with van der Waals surface area (Å²) in [7, 11) is -3.47. The minimum Gasteiger partial charge on any atom is -0.270 e. The summed E-state index contributed by atoms with van der Waals surface area (Å²) in [6.45, 7) is -0.0872. The maximum atomic E-state index is 13.3. The van der Waals surface area contributed by atoms with Gasteiger partial charge in [0.1, 0.15) is 5.82 Å². The van der Waals surface area contributed by atoms with Crippen LogP contribution in [0.1, 0.15) is 5.56 Å². The lowest BCUT2D eigenvalue weighted by molar-refractivity contribution is 0.324. The van der Waals surface area contributed by atoms with Crippen LogP contribution in [-0.2, 0) is 20.7 Å². The maximum absolute atomic E-state index is 13.3. The summed E-state index contributed by atoms with van der Waals surface area (Å²) < 4.78 is 39.0. The molecule has 0 heterocycles. The average molecular weight is 253 g/mol. The molecule has 0 spiro atoms.